The average molecular weight is 395 g/mol. The van der Waals surface area contributed by atoms with Crippen molar-refractivity contribution < 1.29 is 19.8 Å². The molecule has 4 N–H and O–H groups in total. The zero-order valence-corrected chi connectivity index (χ0v) is 13.9. The number of amides is 1. The predicted octanol–water partition coefficient (Wildman–Crippen LogP) is 2.98. The van der Waals surface area contributed by atoms with Crippen LogP contribution in [0.1, 0.15) is 20.7 Å². The van der Waals surface area contributed by atoms with E-state index in [1.54, 1.807) is 24.3 Å². The highest BCUT2D eigenvalue weighted by molar-refractivity contribution is 9.10. The quantitative estimate of drug-likeness (QED) is 0.471. The summed E-state index contributed by atoms with van der Waals surface area (Å²) in [5.41, 5.74) is 0.473. The fourth-order valence-electron chi connectivity index (χ4n) is 1.76. The second-order valence-electron chi connectivity index (χ2n) is 4.43. The summed E-state index contributed by atoms with van der Waals surface area (Å²) in [5.74, 6) is -2.03. The van der Waals surface area contributed by atoms with Crippen molar-refractivity contribution in [2.75, 3.05) is 5.32 Å². The van der Waals surface area contributed by atoms with Crippen LogP contribution in [0.2, 0.25) is 0 Å². The van der Waals surface area contributed by atoms with Gasteiger partial charge in [0.05, 0.1) is 5.56 Å². The normalized spacial score (nSPS) is 9.96. The van der Waals surface area contributed by atoms with E-state index in [1.807, 2.05) is 0 Å². The minimum atomic E-state index is -1.27. The molecule has 0 saturated heterocycles. The highest BCUT2D eigenvalue weighted by Gasteiger charge is 2.13. The van der Waals surface area contributed by atoms with Crippen LogP contribution in [0, 0.1) is 0 Å². The average Bonchev–Trinajstić information content (AvgIpc) is 2.49. The van der Waals surface area contributed by atoms with E-state index in [0.29, 0.717) is 15.7 Å². The summed E-state index contributed by atoms with van der Waals surface area (Å²) in [5, 5.41) is 23.6. The molecule has 2 rings (SSSR count). The molecule has 0 saturated carbocycles. The summed E-state index contributed by atoms with van der Waals surface area (Å²) in [6.45, 7) is 0. The van der Waals surface area contributed by atoms with Gasteiger partial charge in [0.25, 0.3) is 5.91 Å². The molecule has 0 bridgehead atoms. The Morgan fingerprint density at radius 1 is 1.09 bits per heavy atom. The molecule has 0 spiro atoms. The molecule has 6 nitrogen and oxygen atoms in total. The lowest BCUT2D eigenvalue weighted by Crippen LogP contribution is -2.34. The maximum absolute atomic E-state index is 12.1. The Morgan fingerprint density at radius 2 is 1.78 bits per heavy atom. The third kappa shape index (κ3) is 4.27. The Balaban J connectivity index is 2.08. The number of halogens is 1. The first-order valence-corrected chi connectivity index (χ1v) is 7.52. The van der Waals surface area contributed by atoms with Crippen LogP contribution in [-0.2, 0) is 0 Å². The van der Waals surface area contributed by atoms with Crippen molar-refractivity contribution in [3.63, 3.8) is 0 Å². The molecule has 0 aliphatic rings. The summed E-state index contributed by atoms with van der Waals surface area (Å²) in [6.07, 6.45) is 0. The van der Waals surface area contributed by atoms with E-state index >= 15 is 0 Å². The predicted molar refractivity (Wildman–Crippen MR) is 92.9 cm³/mol. The molecule has 0 radical (unpaired) electrons. The molecule has 118 valence electrons. The fourth-order valence-corrected chi connectivity index (χ4v) is 2.44. The smallest absolute Gasteiger partial charge is 0.339 e. The molecule has 0 aromatic heterocycles. The molecular weight excluding hydrogens is 384 g/mol. The van der Waals surface area contributed by atoms with E-state index < -0.39 is 11.9 Å². The second kappa shape index (κ2) is 7.21. The minimum absolute atomic E-state index is 0.00721. The van der Waals surface area contributed by atoms with Crippen molar-refractivity contribution >= 4 is 50.8 Å². The van der Waals surface area contributed by atoms with Crippen molar-refractivity contribution in [3.8, 4) is 5.75 Å². The van der Waals surface area contributed by atoms with Gasteiger partial charge in [0.2, 0.25) is 0 Å². The number of benzene rings is 2. The molecule has 8 heteroatoms. The molecule has 0 heterocycles. The number of carboxylic acid groups (broad SMARTS) is 1. The molecule has 0 unspecified atom stereocenters. The molecule has 0 fully saturated rings. The van der Waals surface area contributed by atoms with E-state index in [0.717, 1.165) is 0 Å². The third-order valence-electron chi connectivity index (χ3n) is 2.83. The van der Waals surface area contributed by atoms with Gasteiger partial charge in [-0.15, -0.1) is 0 Å². The Morgan fingerprint density at radius 3 is 2.43 bits per heavy atom. The van der Waals surface area contributed by atoms with Crippen molar-refractivity contribution in [1.29, 1.82) is 0 Å². The maximum Gasteiger partial charge on any atom is 0.339 e. The zero-order valence-electron chi connectivity index (χ0n) is 11.5. The van der Waals surface area contributed by atoms with E-state index in [-0.39, 0.29) is 16.4 Å². The minimum Gasteiger partial charge on any atom is -0.507 e. The van der Waals surface area contributed by atoms with Crippen LogP contribution < -0.4 is 10.6 Å². The van der Waals surface area contributed by atoms with Gasteiger partial charge in [-0.25, -0.2) is 4.79 Å². The third-order valence-corrected chi connectivity index (χ3v) is 3.73. The van der Waals surface area contributed by atoms with Gasteiger partial charge in [-0.05, 0) is 58.5 Å². The number of carbonyl (C=O) groups excluding carboxylic acids is 1. The number of aromatic hydroxyl groups is 1. The lowest BCUT2D eigenvalue weighted by atomic mass is 10.2. The number of hydrogen-bond donors (Lipinski definition) is 4. The van der Waals surface area contributed by atoms with Crippen LogP contribution >= 0.6 is 28.1 Å². The van der Waals surface area contributed by atoms with Gasteiger partial charge in [-0.1, -0.05) is 12.1 Å². The lowest BCUT2D eigenvalue weighted by molar-refractivity contribution is 0.0693. The SMILES string of the molecule is O=C(O)c1cc(NC(=S)NC(=O)c2ccccc2Br)ccc1O. The first kappa shape index (κ1) is 16.9. The largest absolute Gasteiger partial charge is 0.507 e. The standard InChI is InChI=1S/C15H11BrN2O4S/c16-11-4-2-1-3-9(11)13(20)18-15(23)17-8-5-6-12(19)10(7-8)14(21)22/h1-7,19H,(H,21,22)(H2,17,18,20,23). The van der Waals surface area contributed by atoms with Crippen molar-refractivity contribution in [2.24, 2.45) is 0 Å². The Kier molecular flexibility index (Phi) is 5.30. The molecule has 2 aromatic rings. The summed E-state index contributed by atoms with van der Waals surface area (Å²) >= 11 is 8.30. The van der Waals surface area contributed by atoms with Crippen LogP contribution in [0.4, 0.5) is 5.69 Å². The molecule has 0 aliphatic carbocycles. The van der Waals surface area contributed by atoms with Gasteiger partial charge >= 0.3 is 5.97 Å². The number of anilines is 1. The van der Waals surface area contributed by atoms with Crippen molar-refractivity contribution in [1.82, 2.24) is 5.32 Å². The first-order valence-electron chi connectivity index (χ1n) is 6.31. The van der Waals surface area contributed by atoms with E-state index in [1.165, 1.54) is 18.2 Å². The van der Waals surface area contributed by atoms with Crippen LogP contribution in [0.5, 0.6) is 5.75 Å². The molecule has 1 amide bonds. The topological polar surface area (TPSA) is 98.7 Å². The number of nitrogens with one attached hydrogen (secondary N) is 2. The summed E-state index contributed by atoms with van der Waals surface area (Å²) < 4.78 is 0.623. The second-order valence-corrected chi connectivity index (χ2v) is 5.69. The summed E-state index contributed by atoms with van der Waals surface area (Å²) in [7, 11) is 0. The van der Waals surface area contributed by atoms with Crippen molar-refractivity contribution in [2.45, 2.75) is 0 Å². The van der Waals surface area contributed by atoms with Gasteiger partial charge in [0.15, 0.2) is 5.11 Å². The summed E-state index contributed by atoms with van der Waals surface area (Å²) in [4.78, 5) is 23.1. The Labute approximate surface area is 145 Å². The highest BCUT2D eigenvalue weighted by atomic mass is 79.9. The number of thiocarbonyl (C=S) groups is 1. The number of phenols is 1. The Hall–Kier alpha value is -2.45. The van der Waals surface area contributed by atoms with E-state index in [2.05, 4.69) is 26.6 Å². The van der Waals surface area contributed by atoms with Crippen molar-refractivity contribution in [3.05, 3.63) is 58.1 Å². The molecule has 0 aliphatic heterocycles. The zero-order chi connectivity index (χ0) is 17.0. The Bertz CT molecular complexity index is 795. The van der Waals surface area contributed by atoms with Crippen LogP contribution in [0.15, 0.2) is 46.9 Å². The number of carboxylic acids is 1. The van der Waals surface area contributed by atoms with Gasteiger partial charge < -0.3 is 15.5 Å². The monoisotopic (exact) mass is 394 g/mol. The van der Waals surface area contributed by atoms with Crippen LogP contribution in [-0.4, -0.2) is 27.2 Å². The highest BCUT2D eigenvalue weighted by Crippen LogP contribution is 2.21. The van der Waals surface area contributed by atoms with Gasteiger partial charge in [0.1, 0.15) is 11.3 Å². The van der Waals surface area contributed by atoms with Crippen LogP contribution in [0.25, 0.3) is 0 Å². The van der Waals surface area contributed by atoms with Crippen LogP contribution in [0.3, 0.4) is 0 Å². The number of hydrogen-bond acceptors (Lipinski definition) is 4. The summed E-state index contributed by atoms with van der Waals surface area (Å²) in [6, 6.07) is 10.7. The number of aromatic carboxylic acids is 1. The maximum atomic E-state index is 12.1. The van der Waals surface area contributed by atoms with E-state index in [9.17, 15) is 14.7 Å². The number of carbonyl (C=O) groups is 2. The molecule has 2 aromatic carbocycles. The fraction of sp³-hybridized carbons (Fsp3) is 0. The molecule has 0 atom stereocenters. The van der Waals surface area contributed by atoms with Gasteiger partial charge in [-0.3, -0.25) is 10.1 Å². The van der Waals surface area contributed by atoms with Gasteiger partial charge in [-0.2, -0.15) is 0 Å². The molecule has 23 heavy (non-hydrogen) atoms. The first-order chi connectivity index (χ1) is 10.9. The number of rotatable bonds is 3. The molecular formula is C15H11BrN2O4S. The lowest BCUT2D eigenvalue weighted by Gasteiger charge is -2.11. The van der Waals surface area contributed by atoms with E-state index in [4.69, 9.17) is 17.3 Å². The van der Waals surface area contributed by atoms with Gasteiger partial charge in [0, 0.05) is 10.2 Å².